The standard InChI is InChI=1S/C22H31N3O4SSi/c1-31(2,3)14-13-24-22(26)16-25(30(24,27)28)20-10-9-18(11-12-23)15-21(20)29-17-19-7-5-4-6-8-19/h4-10,15-16,26H,11-14,17,23H2,1-3H3. The molecule has 0 amide bonds. The Kier molecular flexibility index (Phi) is 6.98. The molecular formula is C22H31N3O4SSi. The average molecular weight is 462 g/mol. The third-order valence-corrected chi connectivity index (χ3v) is 8.46. The maximum atomic E-state index is 13.2. The van der Waals surface area contributed by atoms with Crippen molar-refractivity contribution in [3.8, 4) is 5.75 Å². The summed E-state index contributed by atoms with van der Waals surface area (Å²) in [5.41, 5.74) is 7.97. The van der Waals surface area contributed by atoms with E-state index in [-0.39, 0.29) is 12.4 Å². The molecule has 168 valence electrons. The molecule has 0 aliphatic carbocycles. The molecule has 7 nitrogen and oxygen atoms in total. The minimum absolute atomic E-state index is 0.252. The molecule has 2 aromatic carbocycles. The predicted octanol–water partition coefficient (Wildman–Crippen LogP) is 3.83. The van der Waals surface area contributed by atoms with Gasteiger partial charge in [0.05, 0.1) is 6.20 Å². The second-order valence-electron chi connectivity index (χ2n) is 8.79. The number of hydrogen-bond donors (Lipinski definition) is 2. The number of nitrogens with two attached hydrogens (primary N) is 1. The van der Waals surface area contributed by atoms with Crippen LogP contribution >= 0.6 is 0 Å². The molecule has 0 bridgehead atoms. The first-order valence-corrected chi connectivity index (χ1v) is 15.4. The van der Waals surface area contributed by atoms with E-state index in [0.717, 1.165) is 25.8 Å². The van der Waals surface area contributed by atoms with Gasteiger partial charge in [-0.25, -0.2) is 8.61 Å². The van der Waals surface area contributed by atoms with Crippen LogP contribution in [-0.2, 0) is 23.2 Å². The molecule has 1 heterocycles. The fourth-order valence-electron chi connectivity index (χ4n) is 3.23. The van der Waals surface area contributed by atoms with Crippen LogP contribution in [0.25, 0.3) is 0 Å². The Morgan fingerprint density at radius 3 is 2.42 bits per heavy atom. The van der Waals surface area contributed by atoms with E-state index in [2.05, 4.69) is 19.6 Å². The molecular weight excluding hydrogens is 430 g/mol. The number of nitrogens with zero attached hydrogens (tertiary/aromatic N) is 2. The lowest BCUT2D eigenvalue weighted by Crippen LogP contribution is -2.37. The lowest BCUT2D eigenvalue weighted by Gasteiger charge is -2.25. The first kappa shape index (κ1) is 23.2. The molecule has 0 saturated heterocycles. The number of rotatable bonds is 9. The van der Waals surface area contributed by atoms with Gasteiger partial charge in [0.25, 0.3) is 0 Å². The zero-order valence-corrected chi connectivity index (χ0v) is 20.1. The van der Waals surface area contributed by atoms with Crippen molar-refractivity contribution >= 4 is 24.0 Å². The van der Waals surface area contributed by atoms with E-state index < -0.39 is 18.3 Å². The van der Waals surface area contributed by atoms with Gasteiger partial charge in [0.2, 0.25) is 5.88 Å². The third kappa shape index (κ3) is 5.60. The van der Waals surface area contributed by atoms with Crippen LogP contribution in [0.5, 0.6) is 5.75 Å². The van der Waals surface area contributed by atoms with Crippen molar-refractivity contribution in [2.24, 2.45) is 5.73 Å². The molecule has 0 spiro atoms. The summed E-state index contributed by atoms with van der Waals surface area (Å²) < 4.78 is 34.7. The summed E-state index contributed by atoms with van der Waals surface area (Å²) in [6.45, 7) is 7.52. The van der Waals surface area contributed by atoms with Crippen LogP contribution in [0.3, 0.4) is 0 Å². The minimum atomic E-state index is -3.94. The number of ether oxygens (including phenoxy) is 1. The Morgan fingerprint density at radius 1 is 1.06 bits per heavy atom. The molecule has 2 aromatic rings. The molecule has 9 heteroatoms. The Morgan fingerprint density at radius 2 is 1.77 bits per heavy atom. The number of aliphatic hydroxyl groups excluding tert-OH is 1. The van der Waals surface area contributed by atoms with Gasteiger partial charge in [0.15, 0.2) is 0 Å². The first-order valence-electron chi connectivity index (χ1n) is 10.3. The lowest BCUT2D eigenvalue weighted by atomic mass is 10.1. The maximum Gasteiger partial charge on any atom is 0.332 e. The molecule has 0 unspecified atom stereocenters. The fourth-order valence-corrected chi connectivity index (χ4v) is 5.74. The molecule has 3 N–H and O–H groups in total. The van der Waals surface area contributed by atoms with Crippen molar-refractivity contribution in [2.45, 2.75) is 38.7 Å². The van der Waals surface area contributed by atoms with Crippen molar-refractivity contribution in [1.29, 1.82) is 0 Å². The van der Waals surface area contributed by atoms with E-state index in [1.165, 1.54) is 6.20 Å². The highest BCUT2D eigenvalue weighted by Gasteiger charge is 2.39. The summed E-state index contributed by atoms with van der Waals surface area (Å²) in [5, 5.41) is 10.4. The predicted molar refractivity (Wildman–Crippen MR) is 127 cm³/mol. The van der Waals surface area contributed by atoms with Crippen molar-refractivity contribution in [2.75, 3.05) is 17.4 Å². The first-order chi connectivity index (χ1) is 14.6. The Hall–Kier alpha value is -2.49. The van der Waals surface area contributed by atoms with E-state index in [0.29, 0.717) is 31.0 Å². The van der Waals surface area contributed by atoms with Gasteiger partial charge in [-0.3, -0.25) is 0 Å². The van der Waals surface area contributed by atoms with Crippen molar-refractivity contribution in [1.82, 2.24) is 4.31 Å². The molecule has 0 fully saturated rings. The third-order valence-electron chi connectivity index (χ3n) is 5.01. The summed E-state index contributed by atoms with van der Waals surface area (Å²) in [7, 11) is -5.44. The monoisotopic (exact) mass is 461 g/mol. The normalized spacial score (nSPS) is 15.8. The molecule has 31 heavy (non-hydrogen) atoms. The average Bonchev–Trinajstić information content (AvgIpc) is 2.93. The highest BCUT2D eigenvalue weighted by molar-refractivity contribution is 7.91. The molecule has 0 aromatic heterocycles. The van der Waals surface area contributed by atoms with E-state index in [9.17, 15) is 13.5 Å². The van der Waals surface area contributed by atoms with Crippen LogP contribution in [0.2, 0.25) is 25.7 Å². The quantitative estimate of drug-likeness (QED) is 0.553. The van der Waals surface area contributed by atoms with Crippen molar-refractivity contribution in [3.63, 3.8) is 0 Å². The highest BCUT2D eigenvalue weighted by Crippen LogP contribution is 2.37. The minimum Gasteiger partial charge on any atom is -0.493 e. The largest absolute Gasteiger partial charge is 0.493 e. The lowest BCUT2D eigenvalue weighted by molar-refractivity contribution is 0.294. The summed E-state index contributed by atoms with van der Waals surface area (Å²) in [6.07, 6.45) is 1.89. The Balaban J connectivity index is 1.91. The Labute approximate surface area is 185 Å². The number of anilines is 1. The molecule has 1 aliphatic heterocycles. The Bertz CT molecular complexity index is 1040. The fraction of sp³-hybridized carbons (Fsp3) is 0.364. The molecule has 3 rings (SSSR count). The van der Waals surface area contributed by atoms with Crippen molar-refractivity contribution < 1.29 is 18.3 Å². The topological polar surface area (TPSA) is 96.1 Å². The SMILES string of the molecule is C[Si](C)(C)CCN1C(O)=CN(c2ccc(CCN)cc2OCc2ccccc2)S1(=O)=O. The number of aliphatic hydroxyl groups is 1. The zero-order chi connectivity index (χ0) is 22.6. The van der Waals surface area contributed by atoms with Crippen LogP contribution in [0.15, 0.2) is 60.6 Å². The smallest absolute Gasteiger partial charge is 0.332 e. The van der Waals surface area contributed by atoms with Gasteiger partial charge in [-0.1, -0.05) is 56.0 Å². The zero-order valence-electron chi connectivity index (χ0n) is 18.3. The van der Waals surface area contributed by atoms with Gasteiger partial charge in [0.1, 0.15) is 18.0 Å². The summed E-state index contributed by atoms with van der Waals surface area (Å²) >= 11 is 0. The van der Waals surface area contributed by atoms with Crippen molar-refractivity contribution in [3.05, 3.63) is 71.7 Å². The van der Waals surface area contributed by atoms with E-state index in [4.69, 9.17) is 10.5 Å². The summed E-state index contributed by atoms with van der Waals surface area (Å²) in [4.78, 5) is 0. The van der Waals surface area contributed by atoms with Gasteiger partial charge in [-0.15, -0.1) is 0 Å². The van der Waals surface area contributed by atoms with E-state index >= 15 is 0 Å². The highest BCUT2D eigenvalue weighted by atomic mass is 32.2. The van der Waals surface area contributed by atoms with Gasteiger partial charge >= 0.3 is 10.2 Å². The maximum absolute atomic E-state index is 13.2. The van der Waals surface area contributed by atoms with Gasteiger partial charge in [-0.2, -0.15) is 8.42 Å². The van der Waals surface area contributed by atoms with Crippen LogP contribution in [0.1, 0.15) is 11.1 Å². The molecule has 1 aliphatic rings. The summed E-state index contributed by atoms with van der Waals surface area (Å²) in [5.74, 6) is 0.146. The van der Waals surface area contributed by atoms with Crippen LogP contribution in [-0.4, -0.2) is 39.0 Å². The van der Waals surface area contributed by atoms with E-state index in [1.54, 1.807) is 6.07 Å². The number of hydrogen-bond acceptors (Lipinski definition) is 5. The molecule has 0 atom stereocenters. The molecule has 0 radical (unpaired) electrons. The van der Waals surface area contributed by atoms with Crippen LogP contribution in [0, 0.1) is 0 Å². The number of benzene rings is 2. The summed E-state index contributed by atoms with van der Waals surface area (Å²) in [6, 6.07) is 15.8. The van der Waals surface area contributed by atoms with E-state index in [1.807, 2.05) is 42.5 Å². The van der Waals surface area contributed by atoms with Crippen LogP contribution in [0.4, 0.5) is 5.69 Å². The molecule has 0 saturated carbocycles. The van der Waals surface area contributed by atoms with Gasteiger partial charge < -0.3 is 15.6 Å². The van der Waals surface area contributed by atoms with Gasteiger partial charge in [-0.05, 0) is 42.3 Å². The second kappa shape index (κ2) is 9.33. The second-order valence-corrected chi connectivity index (χ2v) is 16.1. The van der Waals surface area contributed by atoms with Crippen LogP contribution < -0.4 is 14.8 Å². The van der Waals surface area contributed by atoms with Gasteiger partial charge in [0, 0.05) is 14.6 Å².